The van der Waals surface area contributed by atoms with E-state index in [0.717, 1.165) is 43.8 Å². The van der Waals surface area contributed by atoms with E-state index < -0.39 is 0 Å². The molecule has 0 heterocycles. The molecule has 34 heavy (non-hydrogen) atoms. The lowest BCUT2D eigenvalue weighted by Gasteiger charge is -2.19. The monoisotopic (exact) mass is 432 g/mol. The van der Waals surface area contributed by atoms with Crippen LogP contribution in [-0.4, -0.2) is 0 Å². The van der Waals surface area contributed by atoms with Gasteiger partial charge in [-0.05, 0) is 71.4 Å². The molecule has 0 aromatic heterocycles. The van der Waals surface area contributed by atoms with E-state index in [1.807, 2.05) is 24.3 Å². The van der Waals surface area contributed by atoms with Crippen LogP contribution in [0, 0.1) is 0 Å². The van der Waals surface area contributed by atoms with Crippen LogP contribution in [0.4, 0.5) is 0 Å². The highest BCUT2D eigenvalue weighted by Gasteiger charge is 2.17. The summed E-state index contributed by atoms with van der Waals surface area (Å²) in [5.41, 5.74) is 4.51. The zero-order valence-electron chi connectivity index (χ0n) is 20.5. The Balaban J connectivity index is 1.69. The second-order valence-electron chi connectivity index (χ2n) is 8.78. The van der Waals surface area contributed by atoms with Crippen molar-refractivity contribution in [3.05, 3.63) is 133 Å². The van der Waals surface area contributed by atoms with Crippen molar-refractivity contribution in [3.8, 4) is 22.3 Å². The lowest BCUT2D eigenvalue weighted by atomic mass is 9.84. The Labute approximate surface area is 201 Å². The average Bonchev–Trinajstić information content (AvgIpc) is 2.91. The zero-order chi connectivity index (χ0) is 24.2. The Hall–Kier alpha value is -4.42. The summed E-state index contributed by atoms with van der Waals surface area (Å²) in [5.74, 6) is 0. The third kappa shape index (κ3) is 2.86. The maximum atomic E-state index is 8.49. The molecular weight excluding hydrogens is 408 g/mol. The molecule has 0 fully saturated rings. The van der Waals surface area contributed by atoms with Gasteiger partial charge in [-0.15, -0.1) is 0 Å². The normalized spacial score (nSPS) is 12.4. The lowest BCUT2D eigenvalue weighted by molar-refractivity contribution is 1.68. The van der Waals surface area contributed by atoms with E-state index >= 15 is 0 Å². The highest BCUT2D eigenvalue weighted by Crippen LogP contribution is 2.45. The van der Waals surface area contributed by atoms with Gasteiger partial charge in [0.1, 0.15) is 0 Å². The molecule has 7 rings (SSSR count). The van der Waals surface area contributed by atoms with Gasteiger partial charge in [0.2, 0.25) is 0 Å². The van der Waals surface area contributed by atoms with Gasteiger partial charge < -0.3 is 0 Å². The predicted molar refractivity (Wildman–Crippen MR) is 147 cm³/mol. The highest BCUT2D eigenvalue weighted by molar-refractivity contribution is 6.23. The maximum absolute atomic E-state index is 8.49. The molecule has 0 radical (unpaired) electrons. The summed E-state index contributed by atoms with van der Waals surface area (Å²) in [5, 5.41) is 9.09. The number of fused-ring (bicyclic) bond motifs is 4. The van der Waals surface area contributed by atoms with E-state index in [1.165, 1.54) is 21.5 Å². The van der Waals surface area contributed by atoms with E-state index in [4.69, 9.17) is 2.74 Å². The average molecular weight is 433 g/mol. The Morgan fingerprint density at radius 3 is 1.79 bits per heavy atom. The minimum Gasteiger partial charge on any atom is -0.0616 e. The maximum Gasteiger partial charge on any atom is 0.0623 e. The third-order valence-electron chi connectivity index (χ3n) is 6.90. The van der Waals surface area contributed by atoms with Crippen molar-refractivity contribution in [1.29, 1.82) is 0 Å². The van der Waals surface area contributed by atoms with Crippen LogP contribution in [0.3, 0.4) is 0 Å². The largest absolute Gasteiger partial charge is 0.0623 e. The van der Waals surface area contributed by atoms with Gasteiger partial charge in [0.05, 0.1) is 2.74 Å². The Bertz CT molecular complexity index is 1960. The molecule has 0 amide bonds. The molecule has 0 heteroatoms. The number of rotatable bonds is 2. The summed E-state index contributed by atoms with van der Waals surface area (Å²) in [7, 11) is 0. The van der Waals surface area contributed by atoms with Crippen molar-refractivity contribution < 1.29 is 2.74 Å². The first-order valence-corrected chi connectivity index (χ1v) is 11.6. The van der Waals surface area contributed by atoms with Crippen molar-refractivity contribution in [1.82, 2.24) is 0 Å². The van der Waals surface area contributed by atoms with Gasteiger partial charge in [0.15, 0.2) is 0 Å². The van der Waals surface area contributed by atoms with E-state index in [-0.39, 0.29) is 0 Å². The molecule has 0 unspecified atom stereocenters. The second kappa shape index (κ2) is 7.57. The van der Waals surface area contributed by atoms with E-state index in [9.17, 15) is 0 Å². The smallest absolute Gasteiger partial charge is 0.0616 e. The van der Waals surface area contributed by atoms with Crippen LogP contribution >= 0.6 is 0 Å². The Kier molecular flexibility index (Phi) is 3.81. The van der Waals surface area contributed by atoms with Crippen LogP contribution in [-0.2, 0) is 0 Å². The molecule has 0 spiro atoms. The van der Waals surface area contributed by atoms with Crippen LogP contribution in [0.15, 0.2) is 133 Å². The first-order valence-electron chi connectivity index (χ1n) is 12.6. The van der Waals surface area contributed by atoms with Crippen LogP contribution in [0.1, 0.15) is 2.74 Å². The molecule has 0 nitrogen and oxygen atoms in total. The number of hydrogen-bond acceptors (Lipinski definition) is 0. The van der Waals surface area contributed by atoms with Crippen molar-refractivity contribution >= 4 is 43.1 Å². The molecule has 0 aliphatic carbocycles. The van der Waals surface area contributed by atoms with Crippen molar-refractivity contribution in [2.24, 2.45) is 0 Å². The van der Waals surface area contributed by atoms with Gasteiger partial charge in [0, 0.05) is 0 Å². The van der Waals surface area contributed by atoms with Crippen molar-refractivity contribution in [2.75, 3.05) is 0 Å². The fourth-order valence-electron chi connectivity index (χ4n) is 5.39. The van der Waals surface area contributed by atoms with Crippen LogP contribution in [0.5, 0.6) is 0 Å². The summed E-state index contributed by atoms with van der Waals surface area (Å²) >= 11 is 0. The Morgan fingerprint density at radius 1 is 0.382 bits per heavy atom. The fourth-order valence-corrected chi connectivity index (χ4v) is 5.39. The summed E-state index contributed by atoms with van der Waals surface area (Å²) in [6, 6.07) is 42.8. The summed E-state index contributed by atoms with van der Waals surface area (Å²) in [6.45, 7) is 0. The highest BCUT2D eigenvalue weighted by atomic mass is 14.2. The molecule has 0 aliphatic heterocycles. The minimum absolute atomic E-state index is 0.491. The standard InChI is InChI=1S/C34H22/c1-2-12-25-22-26(21-20-23(25)10-1)33-29-15-5-7-17-31(29)34(32-18-8-6-16-30(32)33)28-19-9-13-24-11-3-4-14-27(24)28/h1-22H/i5D,8D. The van der Waals surface area contributed by atoms with Gasteiger partial charge in [-0.3, -0.25) is 0 Å². The molecule has 0 N–H and O–H groups in total. The van der Waals surface area contributed by atoms with E-state index in [1.54, 1.807) is 0 Å². The van der Waals surface area contributed by atoms with E-state index in [0.29, 0.717) is 12.1 Å². The Morgan fingerprint density at radius 2 is 0.971 bits per heavy atom. The quantitative estimate of drug-likeness (QED) is 0.239. The van der Waals surface area contributed by atoms with Gasteiger partial charge in [-0.2, -0.15) is 0 Å². The van der Waals surface area contributed by atoms with Crippen LogP contribution in [0.2, 0.25) is 0 Å². The van der Waals surface area contributed by atoms with Gasteiger partial charge in [0.25, 0.3) is 0 Å². The molecule has 7 aromatic rings. The van der Waals surface area contributed by atoms with Crippen LogP contribution < -0.4 is 0 Å². The molecule has 0 saturated carbocycles. The van der Waals surface area contributed by atoms with Crippen LogP contribution in [0.25, 0.3) is 65.3 Å². The summed E-state index contributed by atoms with van der Waals surface area (Å²) in [4.78, 5) is 0. The predicted octanol–water partition coefficient (Wildman–Crippen LogP) is 9.63. The van der Waals surface area contributed by atoms with Gasteiger partial charge >= 0.3 is 0 Å². The van der Waals surface area contributed by atoms with Crippen molar-refractivity contribution in [3.63, 3.8) is 0 Å². The van der Waals surface area contributed by atoms with Gasteiger partial charge in [-0.1, -0.05) is 127 Å². The van der Waals surface area contributed by atoms with Gasteiger partial charge in [-0.25, -0.2) is 0 Å². The van der Waals surface area contributed by atoms with Crippen molar-refractivity contribution in [2.45, 2.75) is 0 Å². The molecule has 158 valence electrons. The zero-order valence-corrected chi connectivity index (χ0v) is 18.5. The lowest BCUT2D eigenvalue weighted by Crippen LogP contribution is -1.91. The SMILES string of the molecule is [2H]c1ccc2c(-c3cccc4ccccc34)c3cc([2H])ccc3c(-c3ccc4ccccc4c3)c2c1. The molecule has 0 aliphatic rings. The first-order chi connectivity index (χ1) is 17.7. The molecule has 7 aromatic carbocycles. The summed E-state index contributed by atoms with van der Waals surface area (Å²) in [6.07, 6.45) is 0. The topological polar surface area (TPSA) is 0 Å². The first kappa shape index (κ1) is 17.1. The summed E-state index contributed by atoms with van der Waals surface area (Å²) < 4.78 is 17.0. The molecule has 0 atom stereocenters. The van der Waals surface area contributed by atoms with E-state index in [2.05, 4.69) is 97.1 Å². The fraction of sp³-hybridized carbons (Fsp3) is 0. The number of benzene rings is 7. The molecule has 0 saturated heterocycles. The number of hydrogen-bond donors (Lipinski definition) is 0. The minimum atomic E-state index is 0.491. The molecule has 0 bridgehead atoms. The third-order valence-corrected chi connectivity index (χ3v) is 6.90. The molecular formula is C34H22. The second-order valence-corrected chi connectivity index (χ2v) is 8.78.